The third kappa shape index (κ3) is 2.33. The Morgan fingerprint density at radius 1 is 1.35 bits per heavy atom. The van der Waals surface area contributed by atoms with Gasteiger partial charge in [-0.05, 0) is 19.1 Å². The molecule has 0 bridgehead atoms. The second-order valence-corrected chi connectivity index (χ2v) is 5.25. The first-order valence-electron chi connectivity index (χ1n) is 5.90. The van der Waals surface area contributed by atoms with E-state index in [1.54, 1.807) is 23.6 Å². The molecule has 2 aromatic heterocycles. The van der Waals surface area contributed by atoms with E-state index in [2.05, 4.69) is 10.3 Å². The highest BCUT2D eigenvalue weighted by Crippen LogP contribution is 2.15. The van der Waals surface area contributed by atoms with E-state index < -0.39 is 11.5 Å². The van der Waals surface area contributed by atoms with Crippen LogP contribution in [0, 0.1) is 6.92 Å². The van der Waals surface area contributed by atoms with Crippen molar-refractivity contribution in [2.75, 3.05) is 5.32 Å². The summed E-state index contributed by atoms with van der Waals surface area (Å²) in [5.41, 5.74) is -0.235. The number of para-hydroxylation sites is 1. The average Bonchev–Trinajstić information content (AvgIpc) is 2.83. The Kier molecular flexibility index (Phi) is 3.08. The lowest BCUT2D eigenvalue weighted by atomic mass is 10.2. The molecular weight excluding hydrogens is 276 g/mol. The predicted molar refractivity (Wildman–Crippen MR) is 77.3 cm³/mol. The Labute approximate surface area is 117 Å². The topological polar surface area (TPSA) is 72.2 Å². The monoisotopic (exact) mass is 286 g/mol. The lowest BCUT2D eigenvalue weighted by Gasteiger charge is -2.02. The molecule has 0 aliphatic rings. The maximum atomic E-state index is 12.1. The van der Waals surface area contributed by atoms with Crippen molar-refractivity contribution in [3.05, 3.63) is 56.7 Å². The van der Waals surface area contributed by atoms with Crippen molar-refractivity contribution in [2.24, 2.45) is 0 Å². The first-order valence-corrected chi connectivity index (χ1v) is 6.78. The lowest BCUT2D eigenvalue weighted by Crippen LogP contribution is -2.20. The Morgan fingerprint density at radius 3 is 2.90 bits per heavy atom. The molecule has 1 N–H and O–H groups in total. The summed E-state index contributed by atoms with van der Waals surface area (Å²) < 4.78 is 5.12. The van der Waals surface area contributed by atoms with E-state index in [4.69, 9.17) is 4.42 Å². The molecule has 0 atom stereocenters. The molecule has 1 aromatic carbocycles. The third-order valence-corrected chi connectivity index (χ3v) is 3.52. The van der Waals surface area contributed by atoms with Gasteiger partial charge >= 0.3 is 5.63 Å². The number of aromatic nitrogens is 1. The molecule has 0 spiro atoms. The van der Waals surface area contributed by atoms with E-state index in [9.17, 15) is 9.59 Å². The first kappa shape index (κ1) is 12.6. The van der Waals surface area contributed by atoms with E-state index in [-0.39, 0.29) is 5.56 Å². The summed E-state index contributed by atoms with van der Waals surface area (Å²) in [4.78, 5) is 28.0. The second kappa shape index (κ2) is 4.90. The number of fused-ring (bicyclic) bond motifs is 1. The van der Waals surface area contributed by atoms with Gasteiger partial charge in [-0.15, -0.1) is 11.3 Å². The standard InChI is InChI=1S/C14H10N2O3S/c1-8-15-12(7-20-8)16-13(17)10-6-9-4-2-3-5-11(9)19-14(10)18/h2-7H,1H3,(H,16,17). The van der Waals surface area contributed by atoms with Gasteiger partial charge in [0.1, 0.15) is 17.0 Å². The van der Waals surface area contributed by atoms with E-state index >= 15 is 0 Å². The largest absolute Gasteiger partial charge is 0.422 e. The average molecular weight is 286 g/mol. The minimum atomic E-state index is -0.659. The number of benzene rings is 1. The van der Waals surface area contributed by atoms with Crippen molar-refractivity contribution in [1.82, 2.24) is 4.98 Å². The number of rotatable bonds is 2. The quantitative estimate of drug-likeness (QED) is 0.735. The molecule has 0 saturated carbocycles. The fraction of sp³-hybridized carbons (Fsp3) is 0.0714. The number of carbonyl (C=O) groups is 1. The van der Waals surface area contributed by atoms with Gasteiger partial charge in [0.15, 0.2) is 0 Å². The molecule has 3 rings (SSSR count). The van der Waals surface area contributed by atoms with Crippen LogP contribution < -0.4 is 10.9 Å². The second-order valence-electron chi connectivity index (χ2n) is 4.19. The van der Waals surface area contributed by atoms with E-state index in [1.807, 2.05) is 13.0 Å². The number of nitrogens with zero attached hydrogens (tertiary/aromatic N) is 1. The summed E-state index contributed by atoms with van der Waals surface area (Å²) in [6.07, 6.45) is 0. The maximum absolute atomic E-state index is 12.1. The Hall–Kier alpha value is -2.47. The van der Waals surface area contributed by atoms with Crippen molar-refractivity contribution in [3.8, 4) is 0 Å². The smallest absolute Gasteiger partial charge is 0.349 e. The lowest BCUT2D eigenvalue weighted by molar-refractivity contribution is 0.102. The molecule has 2 heterocycles. The number of carbonyl (C=O) groups excluding carboxylic acids is 1. The van der Waals surface area contributed by atoms with Crippen molar-refractivity contribution in [2.45, 2.75) is 6.92 Å². The van der Waals surface area contributed by atoms with Crippen molar-refractivity contribution < 1.29 is 9.21 Å². The Morgan fingerprint density at radius 2 is 2.15 bits per heavy atom. The Balaban J connectivity index is 1.98. The number of hydrogen-bond donors (Lipinski definition) is 1. The van der Waals surface area contributed by atoms with Crippen LogP contribution in [0.2, 0.25) is 0 Å². The highest BCUT2D eigenvalue weighted by molar-refractivity contribution is 7.09. The van der Waals surface area contributed by atoms with Crippen LogP contribution in [0.1, 0.15) is 15.4 Å². The molecule has 0 radical (unpaired) electrons. The predicted octanol–water partition coefficient (Wildman–Crippen LogP) is 2.81. The zero-order valence-corrected chi connectivity index (χ0v) is 11.4. The summed E-state index contributed by atoms with van der Waals surface area (Å²) in [5.74, 6) is -0.0835. The van der Waals surface area contributed by atoms with Gasteiger partial charge in [-0.25, -0.2) is 9.78 Å². The van der Waals surface area contributed by atoms with Gasteiger partial charge < -0.3 is 9.73 Å². The molecular formula is C14H10N2O3S. The maximum Gasteiger partial charge on any atom is 0.349 e. The van der Waals surface area contributed by atoms with Crippen LogP contribution in [-0.4, -0.2) is 10.9 Å². The molecule has 0 aliphatic heterocycles. The number of aryl methyl sites for hydroxylation is 1. The van der Waals surface area contributed by atoms with Gasteiger partial charge in [-0.2, -0.15) is 0 Å². The van der Waals surface area contributed by atoms with Gasteiger partial charge in [0, 0.05) is 10.8 Å². The molecule has 0 unspecified atom stereocenters. The molecule has 20 heavy (non-hydrogen) atoms. The molecule has 0 fully saturated rings. The van der Waals surface area contributed by atoms with Gasteiger partial charge in [-0.3, -0.25) is 4.79 Å². The van der Waals surface area contributed by atoms with Gasteiger partial charge in [0.2, 0.25) is 0 Å². The third-order valence-electron chi connectivity index (χ3n) is 2.75. The number of amides is 1. The SMILES string of the molecule is Cc1nc(NC(=O)c2cc3ccccc3oc2=O)cs1. The van der Waals surface area contributed by atoms with Crippen molar-refractivity contribution in [1.29, 1.82) is 0 Å². The van der Waals surface area contributed by atoms with Crippen LogP contribution in [0.4, 0.5) is 5.82 Å². The van der Waals surface area contributed by atoms with Gasteiger partial charge in [-0.1, -0.05) is 18.2 Å². The van der Waals surface area contributed by atoms with Crippen LogP contribution in [-0.2, 0) is 0 Å². The highest BCUT2D eigenvalue weighted by atomic mass is 32.1. The van der Waals surface area contributed by atoms with Crippen molar-refractivity contribution in [3.63, 3.8) is 0 Å². The number of hydrogen-bond acceptors (Lipinski definition) is 5. The molecule has 3 aromatic rings. The fourth-order valence-electron chi connectivity index (χ4n) is 1.82. The molecule has 6 heteroatoms. The number of anilines is 1. The summed E-state index contributed by atoms with van der Waals surface area (Å²) >= 11 is 1.42. The molecule has 0 saturated heterocycles. The highest BCUT2D eigenvalue weighted by Gasteiger charge is 2.14. The van der Waals surface area contributed by atoms with Crippen LogP contribution >= 0.6 is 11.3 Å². The van der Waals surface area contributed by atoms with E-state index in [1.165, 1.54) is 17.4 Å². The minimum absolute atomic E-state index is 0.0330. The summed E-state index contributed by atoms with van der Waals surface area (Å²) in [6, 6.07) is 8.57. The summed E-state index contributed by atoms with van der Waals surface area (Å²) in [5, 5.41) is 5.84. The number of nitrogens with one attached hydrogen (secondary N) is 1. The normalized spacial score (nSPS) is 10.7. The molecule has 5 nitrogen and oxygen atoms in total. The number of thiazole rings is 1. The zero-order valence-electron chi connectivity index (χ0n) is 10.5. The van der Waals surface area contributed by atoms with E-state index in [0.717, 1.165) is 5.01 Å². The first-order chi connectivity index (χ1) is 9.63. The van der Waals surface area contributed by atoms with Gasteiger partial charge in [0.25, 0.3) is 5.91 Å². The van der Waals surface area contributed by atoms with Crippen LogP contribution in [0.5, 0.6) is 0 Å². The molecule has 1 amide bonds. The summed E-state index contributed by atoms with van der Waals surface area (Å²) in [6.45, 7) is 1.84. The van der Waals surface area contributed by atoms with Gasteiger partial charge in [0.05, 0.1) is 5.01 Å². The van der Waals surface area contributed by atoms with Crippen molar-refractivity contribution >= 4 is 34.0 Å². The van der Waals surface area contributed by atoms with Crippen LogP contribution in [0.3, 0.4) is 0 Å². The molecule has 100 valence electrons. The zero-order chi connectivity index (χ0) is 14.1. The molecule has 0 aliphatic carbocycles. The van der Waals surface area contributed by atoms with Crippen LogP contribution in [0.15, 0.2) is 44.9 Å². The summed E-state index contributed by atoms with van der Waals surface area (Å²) in [7, 11) is 0. The Bertz CT molecular complexity index is 851. The fourth-order valence-corrected chi connectivity index (χ4v) is 2.37. The van der Waals surface area contributed by atoms with Crippen LogP contribution in [0.25, 0.3) is 11.0 Å². The van der Waals surface area contributed by atoms with E-state index in [0.29, 0.717) is 16.8 Å². The minimum Gasteiger partial charge on any atom is -0.422 e.